The van der Waals surface area contributed by atoms with E-state index in [2.05, 4.69) is 10.6 Å². The number of urea groups is 1. The van der Waals surface area contributed by atoms with E-state index < -0.39 is 5.97 Å². The van der Waals surface area contributed by atoms with Gasteiger partial charge in [-0.1, -0.05) is 31.4 Å². The SMILES string of the molecule is O=C(NCc1ccc(C(=O)O)cc1)NC1CC(=O)N(C2CCCCC2)C1. The zero-order valence-electron chi connectivity index (χ0n) is 14.7. The molecule has 2 aliphatic rings. The molecule has 1 atom stereocenters. The molecule has 3 N–H and O–H groups in total. The van der Waals surface area contributed by atoms with Crippen molar-refractivity contribution < 1.29 is 19.5 Å². The number of carboxylic acids is 1. The Kier molecular flexibility index (Phi) is 5.75. The summed E-state index contributed by atoms with van der Waals surface area (Å²) in [7, 11) is 0. The van der Waals surface area contributed by atoms with Crippen LogP contribution >= 0.6 is 0 Å². The van der Waals surface area contributed by atoms with Gasteiger partial charge in [0, 0.05) is 25.6 Å². The Morgan fingerprint density at radius 3 is 2.46 bits per heavy atom. The molecule has 0 radical (unpaired) electrons. The molecule has 1 saturated heterocycles. The van der Waals surface area contributed by atoms with Gasteiger partial charge in [-0.05, 0) is 30.5 Å². The van der Waals surface area contributed by atoms with Crippen LogP contribution in [-0.2, 0) is 11.3 Å². The maximum Gasteiger partial charge on any atom is 0.335 e. The van der Waals surface area contributed by atoms with Crippen molar-refractivity contribution >= 4 is 17.9 Å². The first-order valence-corrected chi connectivity index (χ1v) is 9.19. The minimum Gasteiger partial charge on any atom is -0.478 e. The Hall–Kier alpha value is -2.57. The smallest absolute Gasteiger partial charge is 0.335 e. The topological polar surface area (TPSA) is 98.7 Å². The van der Waals surface area contributed by atoms with E-state index in [9.17, 15) is 14.4 Å². The van der Waals surface area contributed by atoms with Gasteiger partial charge in [-0.15, -0.1) is 0 Å². The van der Waals surface area contributed by atoms with Crippen molar-refractivity contribution in [2.45, 2.75) is 57.2 Å². The van der Waals surface area contributed by atoms with Gasteiger partial charge in [0.25, 0.3) is 0 Å². The first-order chi connectivity index (χ1) is 12.5. The zero-order chi connectivity index (χ0) is 18.5. The molecular weight excluding hydrogens is 334 g/mol. The van der Waals surface area contributed by atoms with Gasteiger partial charge < -0.3 is 20.6 Å². The van der Waals surface area contributed by atoms with Gasteiger partial charge in [-0.2, -0.15) is 0 Å². The fraction of sp³-hybridized carbons (Fsp3) is 0.526. The largest absolute Gasteiger partial charge is 0.478 e. The summed E-state index contributed by atoms with van der Waals surface area (Å²) in [5.74, 6) is -0.845. The summed E-state index contributed by atoms with van der Waals surface area (Å²) in [6.07, 6.45) is 6.09. The molecule has 3 rings (SSSR count). The van der Waals surface area contributed by atoms with E-state index in [0.717, 1.165) is 18.4 Å². The number of amides is 3. The van der Waals surface area contributed by atoms with Gasteiger partial charge >= 0.3 is 12.0 Å². The number of rotatable bonds is 5. The van der Waals surface area contributed by atoms with E-state index in [1.54, 1.807) is 12.1 Å². The third-order valence-electron chi connectivity index (χ3n) is 5.16. The lowest BCUT2D eigenvalue weighted by atomic mass is 9.94. The summed E-state index contributed by atoms with van der Waals surface area (Å²) < 4.78 is 0. The average molecular weight is 359 g/mol. The molecule has 7 nitrogen and oxygen atoms in total. The third kappa shape index (κ3) is 4.53. The Morgan fingerprint density at radius 1 is 1.12 bits per heavy atom. The molecule has 1 aliphatic heterocycles. The number of nitrogens with zero attached hydrogens (tertiary/aromatic N) is 1. The number of carbonyl (C=O) groups excluding carboxylic acids is 2. The van der Waals surface area contributed by atoms with Crippen LogP contribution in [0.2, 0.25) is 0 Å². The molecule has 0 aromatic heterocycles. The van der Waals surface area contributed by atoms with E-state index in [1.807, 2.05) is 4.90 Å². The monoisotopic (exact) mass is 359 g/mol. The summed E-state index contributed by atoms with van der Waals surface area (Å²) in [6.45, 7) is 0.892. The van der Waals surface area contributed by atoms with Crippen LogP contribution in [0.3, 0.4) is 0 Å². The molecule has 1 aromatic rings. The zero-order valence-corrected chi connectivity index (χ0v) is 14.7. The Morgan fingerprint density at radius 2 is 1.81 bits per heavy atom. The van der Waals surface area contributed by atoms with Gasteiger partial charge in [0.05, 0.1) is 11.6 Å². The maximum absolute atomic E-state index is 12.2. The molecule has 1 aromatic carbocycles. The molecule has 0 spiro atoms. The number of carbonyl (C=O) groups is 3. The lowest BCUT2D eigenvalue weighted by Crippen LogP contribution is -2.44. The molecule has 7 heteroatoms. The standard InChI is InChI=1S/C19H25N3O4/c23-17-10-15(12-22(17)16-4-2-1-3-5-16)21-19(26)20-11-13-6-8-14(9-7-13)18(24)25/h6-9,15-16H,1-5,10-12H2,(H,24,25)(H2,20,21,26). The lowest BCUT2D eigenvalue weighted by molar-refractivity contribution is -0.130. The van der Waals surface area contributed by atoms with Crippen LogP contribution in [0.4, 0.5) is 4.79 Å². The van der Waals surface area contributed by atoms with Crippen LogP contribution in [0, 0.1) is 0 Å². The van der Waals surface area contributed by atoms with Gasteiger partial charge in [-0.25, -0.2) is 9.59 Å². The predicted octanol–water partition coefficient (Wildman–Crippen LogP) is 2.12. The predicted molar refractivity (Wildman–Crippen MR) is 95.8 cm³/mol. The maximum atomic E-state index is 12.2. The van der Waals surface area contributed by atoms with E-state index in [-0.39, 0.29) is 23.5 Å². The lowest BCUT2D eigenvalue weighted by Gasteiger charge is -2.31. The van der Waals surface area contributed by atoms with Crippen molar-refractivity contribution in [3.63, 3.8) is 0 Å². The van der Waals surface area contributed by atoms with Crippen molar-refractivity contribution in [1.82, 2.24) is 15.5 Å². The molecule has 1 saturated carbocycles. The molecule has 26 heavy (non-hydrogen) atoms. The Labute approximate surface area is 152 Å². The molecule has 0 bridgehead atoms. The van der Waals surface area contributed by atoms with Crippen molar-refractivity contribution in [3.8, 4) is 0 Å². The number of aromatic carboxylic acids is 1. The number of likely N-dealkylation sites (tertiary alicyclic amines) is 1. The van der Waals surface area contributed by atoms with Crippen LogP contribution in [0.15, 0.2) is 24.3 Å². The van der Waals surface area contributed by atoms with Crippen LogP contribution in [0.1, 0.15) is 54.4 Å². The van der Waals surface area contributed by atoms with Gasteiger partial charge in [-0.3, -0.25) is 4.79 Å². The first-order valence-electron chi connectivity index (χ1n) is 9.19. The first kappa shape index (κ1) is 18.2. The number of carboxylic acid groups (broad SMARTS) is 1. The molecule has 1 unspecified atom stereocenters. The molecule has 1 heterocycles. The fourth-order valence-electron chi connectivity index (χ4n) is 3.76. The fourth-order valence-corrected chi connectivity index (χ4v) is 3.76. The van der Waals surface area contributed by atoms with Crippen LogP contribution < -0.4 is 10.6 Å². The van der Waals surface area contributed by atoms with E-state index in [1.165, 1.54) is 31.4 Å². The molecular formula is C19H25N3O4. The van der Waals surface area contributed by atoms with E-state index in [0.29, 0.717) is 25.6 Å². The van der Waals surface area contributed by atoms with Crippen LogP contribution in [0.25, 0.3) is 0 Å². The third-order valence-corrected chi connectivity index (χ3v) is 5.16. The summed E-state index contributed by atoms with van der Waals surface area (Å²) in [5.41, 5.74) is 1.03. The Bertz CT molecular complexity index is 668. The highest BCUT2D eigenvalue weighted by Gasteiger charge is 2.35. The number of hydrogen-bond donors (Lipinski definition) is 3. The number of hydrogen-bond acceptors (Lipinski definition) is 3. The molecule has 3 amide bonds. The average Bonchev–Trinajstić information content (AvgIpc) is 3.01. The highest BCUT2D eigenvalue weighted by Crippen LogP contribution is 2.26. The van der Waals surface area contributed by atoms with Crippen LogP contribution in [0.5, 0.6) is 0 Å². The highest BCUT2D eigenvalue weighted by molar-refractivity contribution is 5.87. The second-order valence-electron chi connectivity index (χ2n) is 7.07. The molecule has 2 fully saturated rings. The minimum atomic E-state index is -0.976. The summed E-state index contributed by atoms with van der Waals surface area (Å²) >= 11 is 0. The minimum absolute atomic E-state index is 0.131. The summed E-state index contributed by atoms with van der Waals surface area (Å²) in [5, 5.41) is 14.5. The van der Waals surface area contributed by atoms with Crippen LogP contribution in [-0.4, -0.2) is 46.5 Å². The van der Waals surface area contributed by atoms with Gasteiger partial charge in [0.2, 0.25) is 5.91 Å². The second-order valence-corrected chi connectivity index (χ2v) is 7.07. The van der Waals surface area contributed by atoms with Gasteiger partial charge in [0.15, 0.2) is 0 Å². The highest BCUT2D eigenvalue weighted by atomic mass is 16.4. The number of benzene rings is 1. The van der Waals surface area contributed by atoms with E-state index in [4.69, 9.17) is 5.11 Å². The Balaban J connectivity index is 1.44. The summed E-state index contributed by atoms with van der Waals surface area (Å²) in [6, 6.07) is 6.24. The van der Waals surface area contributed by atoms with Gasteiger partial charge in [0.1, 0.15) is 0 Å². The van der Waals surface area contributed by atoms with E-state index >= 15 is 0 Å². The second kappa shape index (κ2) is 8.21. The normalized spacial score (nSPS) is 20.8. The molecule has 1 aliphatic carbocycles. The van der Waals surface area contributed by atoms with Crippen molar-refractivity contribution in [1.29, 1.82) is 0 Å². The van der Waals surface area contributed by atoms with Crippen molar-refractivity contribution in [3.05, 3.63) is 35.4 Å². The van der Waals surface area contributed by atoms with Crippen molar-refractivity contribution in [2.75, 3.05) is 6.54 Å². The quantitative estimate of drug-likeness (QED) is 0.750. The molecule has 140 valence electrons. The number of nitrogens with one attached hydrogen (secondary N) is 2. The van der Waals surface area contributed by atoms with Crippen molar-refractivity contribution in [2.24, 2.45) is 0 Å². The summed E-state index contributed by atoms with van der Waals surface area (Å²) in [4.78, 5) is 37.1.